The number of hydrogen-bond donors (Lipinski definition) is 1. The molecule has 182 valence electrons. The first kappa shape index (κ1) is 25.3. The van der Waals surface area contributed by atoms with E-state index in [-0.39, 0.29) is 23.6 Å². The Hall–Kier alpha value is -2.76. The van der Waals surface area contributed by atoms with Crippen LogP contribution in [-0.4, -0.2) is 34.6 Å². The van der Waals surface area contributed by atoms with Crippen LogP contribution in [0.2, 0.25) is 5.02 Å². The Morgan fingerprint density at radius 2 is 1.57 bits per heavy atom. The summed E-state index contributed by atoms with van der Waals surface area (Å²) in [6.07, 6.45) is 4.72. The number of amides is 2. The van der Waals surface area contributed by atoms with Gasteiger partial charge < -0.3 is 10.2 Å². The second-order valence-electron chi connectivity index (χ2n) is 8.95. The van der Waals surface area contributed by atoms with Gasteiger partial charge in [0.25, 0.3) is 0 Å². The molecule has 0 spiro atoms. The quantitative estimate of drug-likeness (QED) is 0.336. The SMILES string of the molecule is O=C(NC1CCCC1)C(Cc1ccccc1)N(Cc1cccc(Cl)c1)C(=O)CSc1ccccc1. The summed E-state index contributed by atoms with van der Waals surface area (Å²) < 4.78 is 0. The first-order valence-electron chi connectivity index (χ1n) is 12.1. The van der Waals surface area contributed by atoms with Crippen LogP contribution in [0, 0.1) is 0 Å². The van der Waals surface area contributed by atoms with E-state index in [4.69, 9.17) is 11.6 Å². The molecule has 0 saturated heterocycles. The van der Waals surface area contributed by atoms with Crippen LogP contribution in [0.5, 0.6) is 0 Å². The number of halogens is 1. The molecule has 4 nitrogen and oxygen atoms in total. The maximum Gasteiger partial charge on any atom is 0.243 e. The summed E-state index contributed by atoms with van der Waals surface area (Å²) in [5.74, 6) is 0.106. The highest BCUT2D eigenvalue weighted by Crippen LogP contribution is 2.23. The molecule has 0 bridgehead atoms. The van der Waals surface area contributed by atoms with E-state index in [9.17, 15) is 9.59 Å². The Labute approximate surface area is 217 Å². The maximum absolute atomic E-state index is 13.7. The lowest BCUT2D eigenvalue weighted by molar-refractivity contribution is -0.139. The molecule has 3 aromatic rings. The van der Waals surface area contributed by atoms with Crippen molar-refractivity contribution >= 4 is 35.2 Å². The number of carbonyl (C=O) groups excluding carboxylic acids is 2. The van der Waals surface area contributed by atoms with Gasteiger partial charge in [-0.2, -0.15) is 0 Å². The molecule has 3 aromatic carbocycles. The van der Waals surface area contributed by atoms with E-state index in [0.717, 1.165) is 41.7 Å². The topological polar surface area (TPSA) is 49.4 Å². The van der Waals surface area contributed by atoms with Crippen LogP contribution in [0.1, 0.15) is 36.8 Å². The molecule has 1 unspecified atom stereocenters. The predicted octanol–water partition coefficient (Wildman–Crippen LogP) is 6.13. The Morgan fingerprint density at radius 3 is 2.26 bits per heavy atom. The van der Waals surface area contributed by atoms with Gasteiger partial charge in [0.2, 0.25) is 11.8 Å². The normalized spacial score (nSPS) is 14.4. The molecule has 0 aliphatic heterocycles. The second-order valence-corrected chi connectivity index (χ2v) is 10.4. The van der Waals surface area contributed by atoms with E-state index in [1.165, 1.54) is 11.8 Å². The Bertz CT molecular complexity index is 1100. The second kappa shape index (κ2) is 12.8. The van der Waals surface area contributed by atoms with Gasteiger partial charge >= 0.3 is 0 Å². The highest BCUT2D eigenvalue weighted by Gasteiger charge is 2.32. The summed E-state index contributed by atoms with van der Waals surface area (Å²) >= 11 is 7.74. The summed E-state index contributed by atoms with van der Waals surface area (Å²) in [7, 11) is 0. The van der Waals surface area contributed by atoms with E-state index in [2.05, 4.69) is 5.32 Å². The summed E-state index contributed by atoms with van der Waals surface area (Å²) in [4.78, 5) is 30.1. The fraction of sp³-hybridized carbons (Fsp3) is 0.310. The molecule has 6 heteroatoms. The number of benzene rings is 3. The van der Waals surface area contributed by atoms with Gasteiger partial charge in [-0.05, 0) is 48.2 Å². The average Bonchev–Trinajstić information content (AvgIpc) is 3.39. The van der Waals surface area contributed by atoms with E-state index in [1.54, 1.807) is 4.90 Å². The highest BCUT2D eigenvalue weighted by atomic mass is 35.5. The summed E-state index contributed by atoms with van der Waals surface area (Å²) in [5.41, 5.74) is 1.93. The lowest BCUT2D eigenvalue weighted by atomic mass is 10.0. The van der Waals surface area contributed by atoms with Crippen molar-refractivity contribution < 1.29 is 9.59 Å². The predicted molar refractivity (Wildman–Crippen MR) is 144 cm³/mol. The van der Waals surface area contributed by atoms with Crippen LogP contribution in [-0.2, 0) is 22.6 Å². The van der Waals surface area contributed by atoms with E-state index in [0.29, 0.717) is 18.0 Å². The molecule has 0 aromatic heterocycles. The molecule has 1 atom stereocenters. The highest BCUT2D eigenvalue weighted by molar-refractivity contribution is 8.00. The van der Waals surface area contributed by atoms with Gasteiger partial charge in [-0.25, -0.2) is 0 Å². The largest absolute Gasteiger partial charge is 0.352 e. The molecule has 0 heterocycles. The molecule has 35 heavy (non-hydrogen) atoms. The van der Waals surface area contributed by atoms with Gasteiger partial charge in [0.15, 0.2) is 0 Å². The van der Waals surface area contributed by atoms with Crippen molar-refractivity contribution in [3.63, 3.8) is 0 Å². The summed E-state index contributed by atoms with van der Waals surface area (Å²) in [6.45, 7) is 0.324. The van der Waals surface area contributed by atoms with Crippen molar-refractivity contribution in [2.75, 3.05) is 5.75 Å². The molecule has 4 rings (SSSR count). The van der Waals surface area contributed by atoms with Crippen molar-refractivity contribution in [1.29, 1.82) is 0 Å². The van der Waals surface area contributed by atoms with Crippen LogP contribution in [0.4, 0.5) is 0 Å². The van der Waals surface area contributed by atoms with Gasteiger partial charge in [0, 0.05) is 28.9 Å². The Kier molecular flexibility index (Phi) is 9.27. The van der Waals surface area contributed by atoms with Gasteiger partial charge in [-0.15, -0.1) is 11.8 Å². The third-order valence-electron chi connectivity index (χ3n) is 6.32. The number of rotatable bonds is 10. The zero-order chi connectivity index (χ0) is 24.5. The number of nitrogens with zero attached hydrogens (tertiary/aromatic N) is 1. The third kappa shape index (κ3) is 7.61. The minimum absolute atomic E-state index is 0.0682. The molecular formula is C29H31ClN2O2S. The molecule has 1 aliphatic carbocycles. The minimum atomic E-state index is -0.610. The standard InChI is InChI=1S/C29H31ClN2O2S/c30-24-13-9-12-23(18-24)20-32(28(33)21-35-26-16-5-2-6-17-26)27(19-22-10-3-1-4-11-22)29(34)31-25-14-7-8-15-25/h1-6,9-13,16-18,25,27H,7-8,14-15,19-21H2,(H,31,34). The fourth-order valence-electron chi connectivity index (χ4n) is 4.50. The molecule has 1 aliphatic rings. The zero-order valence-electron chi connectivity index (χ0n) is 19.7. The third-order valence-corrected chi connectivity index (χ3v) is 7.55. The number of thioether (sulfide) groups is 1. The van der Waals surface area contributed by atoms with Gasteiger partial charge in [0.05, 0.1) is 5.75 Å². The smallest absolute Gasteiger partial charge is 0.243 e. The van der Waals surface area contributed by atoms with E-state index < -0.39 is 6.04 Å². The fourth-order valence-corrected chi connectivity index (χ4v) is 5.52. The van der Waals surface area contributed by atoms with Crippen molar-refractivity contribution in [2.24, 2.45) is 0 Å². The van der Waals surface area contributed by atoms with Crippen molar-refractivity contribution in [3.8, 4) is 0 Å². The maximum atomic E-state index is 13.7. The van der Waals surface area contributed by atoms with Crippen LogP contribution in [0.3, 0.4) is 0 Å². The lowest BCUT2D eigenvalue weighted by Crippen LogP contribution is -2.52. The number of carbonyl (C=O) groups is 2. The van der Waals surface area contributed by atoms with Crippen molar-refractivity contribution in [2.45, 2.75) is 55.6 Å². The van der Waals surface area contributed by atoms with Crippen molar-refractivity contribution in [1.82, 2.24) is 10.2 Å². The zero-order valence-corrected chi connectivity index (χ0v) is 21.3. The average molecular weight is 507 g/mol. The molecule has 2 amide bonds. The van der Waals surface area contributed by atoms with Gasteiger partial charge in [-0.3, -0.25) is 9.59 Å². The first-order chi connectivity index (χ1) is 17.1. The number of nitrogens with one attached hydrogen (secondary N) is 1. The van der Waals surface area contributed by atoms with Crippen LogP contribution in [0.15, 0.2) is 89.8 Å². The molecule has 1 fully saturated rings. The van der Waals surface area contributed by atoms with E-state index >= 15 is 0 Å². The van der Waals surface area contributed by atoms with Gasteiger partial charge in [-0.1, -0.05) is 85.1 Å². The van der Waals surface area contributed by atoms with Crippen LogP contribution < -0.4 is 5.32 Å². The first-order valence-corrected chi connectivity index (χ1v) is 13.5. The lowest BCUT2D eigenvalue weighted by Gasteiger charge is -2.32. The summed E-state index contributed by atoms with van der Waals surface area (Å²) in [6, 6.07) is 26.9. The summed E-state index contributed by atoms with van der Waals surface area (Å²) in [5, 5.41) is 3.85. The monoisotopic (exact) mass is 506 g/mol. The Balaban J connectivity index is 1.61. The minimum Gasteiger partial charge on any atom is -0.352 e. The number of hydrogen-bond acceptors (Lipinski definition) is 3. The molecule has 0 radical (unpaired) electrons. The Morgan fingerprint density at radius 1 is 0.914 bits per heavy atom. The molecule has 1 saturated carbocycles. The van der Waals surface area contributed by atoms with Crippen LogP contribution in [0.25, 0.3) is 0 Å². The van der Waals surface area contributed by atoms with Gasteiger partial charge in [0.1, 0.15) is 6.04 Å². The van der Waals surface area contributed by atoms with Crippen LogP contribution >= 0.6 is 23.4 Å². The molecular weight excluding hydrogens is 476 g/mol. The van der Waals surface area contributed by atoms with Crippen molar-refractivity contribution in [3.05, 3.63) is 101 Å². The van der Waals surface area contributed by atoms with E-state index in [1.807, 2.05) is 84.9 Å². The molecule has 1 N–H and O–H groups in total.